The van der Waals surface area contributed by atoms with Crippen LogP contribution >= 0.6 is 15.9 Å². The van der Waals surface area contributed by atoms with Crippen molar-refractivity contribution in [2.45, 2.75) is 47.0 Å². The second-order valence-electron chi connectivity index (χ2n) is 10.7. The maximum Gasteiger partial charge on any atom is 0.282 e. The Morgan fingerprint density at radius 3 is 2.47 bits per heavy atom. The van der Waals surface area contributed by atoms with Gasteiger partial charge in [-0.25, -0.2) is 4.98 Å². The number of benzene rings is 3. The summed E-state index contributed by atoms with van der Waals surface area (Å²) in [7, 11) is 0. The highest BCUT2D eigenvalue weighted by Gasteiger charge is 2.16. The number of ether oxygens (including phenoxy) is 1. The fourth-order valence-corrected chi connectivity index (χ4v) is 5.25. The van der Waals surface area contributed by atoms with E-state index < -0.39 is 0 Å². The maximum absolute atomic E-state index is 13.5. The number of hydrogen-bond donors (Lipinski definition) is 1. The molecule has 0 saturated heterocycles. The van der Waals surface area contributed by atoms with Crippen molar-refractivity contribution >= 4 is 44.6 Å². The summed E-state index contributed by atoms with van der Waals surface area (Å²) in [6, 6.07) is 22.8. The van der Waals surface area contributed by atoms with E-state index in [1.807, 2.05) is 94.4 Å². The van der Waals surface area contributed by atoms with Gasteiger partial charge < -0.3 is 14.6 Å². The van der Waals surface area contributed by atoms with Crippen LogP contribution in [0.5, 0.6) is 5.75 Å². The molecule has 1 N–H and O–H groups in total. The van der Waals surface area contributed by atoms with Gasteiger partial charge >= 0.3 is 0 Å². The molecule has 0 aliphatic carbocycles. The number of fused-ring (bicyclic) bond motifs is 1. The van der Waals surface area contributed by atoms with Crippen LogP contribution in [-0.4, -0.2) is 33.0 Å². The molecule has 3 aromatic carbocycles. The van der Waals surface area contributed by atoms with E-state index in [1.54, 1.807) is 12.3 Å². The number of hydrogen-bond acceptors (Lipinski definition) is 5. The molecule has 1 amide bonds. The van der Waals surface area contributed by atoms with Crippen LogP contribution in [-0.2, 0) is 4.79 Å². The van der Waals surface area contributed by atoms with E-state index in [1.165, 1.54) is 4.68 Å². The van der Waals surface area contributed by atoms with Crippen LogP contribution in [0.1, 0.15) is 54.5 Å². The fraction of sp³-hybridized carbons (Fsp3) is 0.235. The summed E-state index contributed by atoms with van der Waals surface area (Å²) >= 11 is 3.46. The van der Waals surface area contributed by atoms with Crippen LogP contribution in [0.15, 0.2) is 87.2 Å². The summed E-state index contributed by atoms with van der Waals surface area (Å²) in [5, 5.41) is 8.00. The van der Waals surface area contributed by atoms with Gasteiger partial charge in [-0.15, -0.1) is 0 Å². The number of aromatic nitrogens is 3. The van der Waals surface area contributed by atoms with Crippen molar-refractivity contribution in [2.75, 3.05) is 11.9 Å². The van der Waals surface area contributed by atoms with Gasteiger partial charge in [0.05, 0.1) is 17.1 Å². The third kappa shape index (κ3) is 6.62. The van der Waals surface area contributed by atoms with Gasteiger partial charge in [-0.1, -0.05) is 47.5 Å². The SMILES string of the molecule is CC[C@@H](C)c1nc2ccc(Br)cc2c(=O)n1N=Cc1cc(C)n(-c2ccc(OCC(=O)Nc3ccc(C)cc3)cc2)c1C. The Morgan fingerprint density at radius 1 is 1.05 bits per heavy atom. The molecule has 0 fully saturated rings. The quantitative estimate of drug-likeness (QED) is 0.172. The van der Waals surface area contributed by atoms with Gasteiger partial charge in [0.1, 0.15) is 11.6 Å². The summed E-state index contributed by atoms with van der Waals surface area (Å²) in [4.78, 5) is 30.6. The highest BCUT2D eigenvalue weighted by molar-refractivity contribution is 9.10. The zero-order valence-corrected chi connectivity index (χ0v) is 26.5. The van der Waals surface area contributed by atoms with Gasteiger partial charge in [-0.05, 0) is 87.9 Å². The minimum atomic E-state index is -0.223. The predicted molar refractivity (Wildman–Crippen MR) is 176 cm³/mol. The first-order valence-corrected chi connectivity index (χ1v) is 15.0. The van der Waals surface area contributed by atoms with Crippen molar-refractivity contribution in [1.29, 1.82) is 0 Å². The Balaban J connectivity index is 1.35. The minimum Gasteiger partial charge on any atom is -0.484 e. The number of anilines is 1. The summed E-state index contributed by atoms with van der Waals surface area (Å²) in [6.45, 7) is 10.1. The lowest BCUT2D eigenvalue weighted by Gasteiger charge is -2.14. The van der Waals surface area contributed by atoms with Crippen LogP contribution in [0.3, 0.4) is 0 Å². The monoisotopic (exact) mass is 639 g/mol. The highest BCUT2D eigenvalue weighted by Crippen LogP contribution is 2.24. The molecule has 8 nitrogen and oxygen atoms in total. The number of rotatable bonds is 9. The third-order valence-corrected chi connectivity index (χ3v) is 7.96. The molecule has 5 rings (SSSR count). The van der Waals surface area contributed by atoms with Crippen LogP contribution < -0.4 is 15.6 Å². The summed E-state index contributed by atoms with van der Waals surface area (Å²) in [5.74, 6) is 1.06. The van der Waals surface area contributed by atoms with Crippen molar-refractivity contribution in [3.05, 3.63) is 116 Å². The molecule has 5 aromatic rings. The molecule has 9 heteroatoms. The number of aryl methyl sites for hydroxylation is 2. The summed E-state index contributed by atoms with van der Waals surface area (Å²) in [6.07, 6.45) is 2.55. The van der Waals surface area contributed by atoms with Crippen LogP contribution in [0, 0.1) is 20.8 Å². The van der Waals surface area contributed by atoms with Gasteiger partial charge in [-0.3, -0.25) is 9.59 Å². The molecule has 0 aliphatic heterocycles. The maximum atomic E-state index is 13.5. The normalized spacial score (nSPS) is 12.1. The first-order valence-electron chi connectivity index (χ1n) is 14.2. The zero-order chi connectivity index (χ0) is 30.7. The van der Waals surface area contributed by atoms with E-state index in [0.29, 0.717) is 22.5 Å². The van der Waals surface area contributed by atoms with E-state index in [9.17, 15) is 9.59 Å². The van der Waals surface area contributed by atoms with Crippen molar-refractivity contribution in [1.82, 2.24) is 14.2 Å². The van der Waals surface area contributed by atoms with Gasteiger partial charge in [0.25, 0.3) is 11.5 Å². The first kappa shape index (κ1) is 30.0. The van der Waals surface area contributed by atoms with E-state index >= 15 is 0 Å². The largest absolute Gasteiger partial charge is 0.484 e. The molecule has 0 aliphatic rings. The van der Waals surface area contributed by atoms with Gasteiger partial charge in [-0.2, -0.15) is 9.78 Å². The highest BCUT2D eigenvalue weighted by atomic mass is 79.9. The van der Waals surface area contributed by atoms with E-state index in [2.05, 4.69) is 37.8 Å². The molecule has 0 radical (unpaired) electrons. The zero-order valence-electron chi connectivity index (χ0n) is 24.9. The second kappa shape index (κ2) is 12.8. The van der Waals surface area contributed by atoms with Crippen LogP contribution in [0.2, 0.25) is 0 Å². The predicted octanol–water partition coefficient (Wildman–Crippen LogP) is 7.29. The molecule has 2 aromatic heterocycles. The van der Waals surface area contributed by atoms with Crippen molar-refractivity contribution in [3.8, 4) is 11.4 Å². The van der Waals surface area contributed by atoms with Crippen molar-refractivity contribution < 1.29 is 9.53 Å². The number of nitrogens with zero attached hydrogens (tertiary/aromatic N) is 4. The molecule has 0 bridgehead atoms. The van der Waals surface area contributed by atoms with Crippen LogP contribution in [0.25, 0.3) is 16.6 Å². The van der Waals surface area contributed by atoms with Crippen molar-refractivity contribution in [2.24, 2.45) is 5.10 Å². The summed E-state index contributed by atoms with van der Waals surface area (Å²) in [5.41, 5.74) is 6.15. The minimum absolute atomic E-state index is 0.0553. The second-order valence-corrected chi connectivity index (χ2v) is 11.6. The number of carbonyl (C=O) groups excluding carboxylic acids is 1. The number of nitrogens with one attached hydrogen (secondary N) is 1. The molecule has 2 heterocycles. The average molecular weight is 641 g/mol. The Hall–Kier alpha value is -4.50. The van der Waals surface area contributed by atoms with Crippen LogP contribution in [0.4, 0.5) is 5.69 Å². The smallest absolute Gasteiger partial charge is 0.282 e. The fourth-order valence-electron chi connectivity index (χ4n) is 4.89. The van der Waals surface area contributed by atoms with E-state index in [4.69, 9.17) is 9.72 Å². The standard InChI is InChI=1S/C34H34BrN5O3/c1-6-22(3)33-38-31-16-9-26(35)18-30(31)34(42)40(33)36-19-25-17-23(4)39(24(25)5)28-12-14-29(15-13-28)43-20-32(41)37-27-10-7-21(2)8-11-27/h7-19,22H,6,20H2,1-5H3,(H,37,41)/t22-/m1/s1. The lowest BCUT2D eigenvalue weighted by molar-refractivity contribution is -0.118. The van der Waals surface area contributed by atoms with Gasteiger partial charge in [0.2, 0.25) is 0 Å². The van der Waals surface area contributed by atoms with Crippen molar-refractivity contribution in [3.63, 3.8) is 0 Å². The Kier molecular flexibility index (Phi) is 8.92. The molecule has 0 spiro atoms. The van der Waals surface area contributed by atoms with Gasteiger partial charge in [0.15, 0.2) is 6.61 Å². The topological polar surface area (TPSA) is 90.5 Å². The molecular formula is C34H34BrN5O3. The summed E-state index contributed by atoms with van der Waals surface area (Å²) < 4.78 is 10.1. The molecule has 1 atom stereocenters. The Labute approximate surface area is 259 Å². The Morgan fingerprint density at radius 2 is 1.77 bits per heavy atom. The number of halogens is 1. The molecular weight excluding hydrogens is 606 g/mol. The van der Waals surface area contributed by atoms with E-state index in [-0.39, 0.29) is 24.0 Å². The molecule has 0 saturated carbocycles. The molecule has 43 heavy (non-hydrogen) atoms. The van der Waals surface area contributed by atoms with E-state index in [0.717, 1.165) is 44.8 Å². The first-order chi connectivity index (χ1) is 20.6. The Bertz CT molecular complexity index is 1870. The number of amides is 1. The third-order valence-electron chi connectivity index (χ3n) is 7.47. The molecule has 0 unspecified atom stereocenters. The lowest BCUT2D eigenvalue weighted by atomic mass is 10.1. The van der Waals surface area contributed by atoms with Gasteiger partial charge in [0, 0.05) is 38.7 Å². The number of carbonyl (C=O) groups is 1. The molecule has 220 valence electrons. The lowest BCUT2D eigenvalue weighted by Crippen LogP contribution is -2.23. The average Bonchev–Trinajstić information content (AvgIpc) is 3.29.